The monoisotopic (exact) mass is 2000 g/mol. The van der Waals surface area contributed by atoms with E-state index in [-0.39, 0.29) is 72.1 Å². The summed E-state index contributed by atoms with van der Waals surface area (Å²) >= 11 is 0. The van der Waals surface area contributed by atoms with Gasteiger partial charge in [0, 0.05) is 120 Å². The standard InChI is InChI=1S/C34H44F2N2O7P2.C33H42F2N2O7P2.C29H42F2N2O7P2/c1-23(24-15-17-26(18-16-24)34(35,36)47(43,44-42)45-46-5)21-27(39)22-28(33(2,3)4)31(40)38-20-10-14-30(38)32(41)37-19-9-8-12-25-11-6-7-13-29(25)37;1-22(23-12-14-26(15-13-23)33(34,35)46(42,43-41)44-45-5)19-27(38)20-28(32(2,3)4)30(39)37-17-8-11-29(37)31(40)36-18-16-24-9-6-7-10-25(24)21-36;1-20(21-11-13-22(14-12-21)29(30,31)42(38,39-37)40-41-5)18-23(34)19-24(28(2,3)4)26(35)33-17-9-10-25(33)27(36)32-15-7-6-8-16-32/h6-7,11,13,15-18,21,28,30,42,46H,8-10,12,14,19-20,22H2,1-5H3;6-7,9-10,12-15,19,28-29,41,45H,8,11,16-18,20-21H2,1-5H3;11-14,18,24-25,37,41H,6-10,15-17,19H2,1-5H3/b23-21+;22-19+;20-18+/t28-,30+,47?;28-,29+,46?;24-,25+,42?/m111/s1. The number of likely N-dealkylation sites (tertiary alicyclic amines) is 4. The number of alkyl halides is 6. The van der Waals surface area contributed by atoms with E-state index >= 15 is 0 Å². The number of aryl methyl sites for hydroxylation is 1. The van der Waals surface area contributed by atoms with E-state index in [1.807, 2.05) is 119 Å². The van der Waals surface area contributed by atoms with Gasteiger partial charge in [-0.1, -0.05) is 178 Å². The quantitative estimate of drug-likeness (QED) is 0.0115. The first-order valence-corrected chi connectivity index (χ1v) is 54.2. The van der Waals surface area contributed by atoms with Gasteiger partial charge in [0.2, 0.25) is 35.4 Å². The normalized spacial score (nSPS) is 20.1. The van der Waals surface area contributed by atoms with Crippen molar-refractivity contribution in [3.8, 4) is 0 Å². The van der Waals surface area contributed by atoms with Gasteiger partial charge in [-0.3, -0.25) is 69.8 Å². The number of nitrogens with zero attached hydrogens (tertiary/aromatic N) is 6. The molecule has 27 nitrogen and oxygen atoms in total. The number of halogens is 6. The Morgan fingerprint density at radius 3 is 1.03 bits per heavy atom. The zero-order valence-electron chi connectivity index (χ0n) is 79.2. The van der Waals surface area contributed by atoms with Crippen molar-refractivity contribution in [3.05, 3.63) is 190 Å². The Morgan fingerprint density at radius 2 is 0.696 bits per heavy atom. The van der Waals surface area contributed by atoms with E-state index in [1.165, 1.54) is 80.2 Å². The van der Waals surface area contributed by atoms with E-state index in [0.717, 1.165) is 105 Å². The Hall–Kier alpha value is -7.65. The first-order valence-electron chi connectivity index (χ1n) is 45.3. The summed E-state index contributed by atoms with van der Waals surface area (Å²) in [6, 6.07) is 28.5. The van der Waals surface area contributed by atoms with Crippen molar-refractivity contribution in [2.45, 2.75) is 227 Å². The van der Waals surface area contributed by atoms with Crippen LogP contribution in [0.3, 0.4) is 0 Å². The average molecular weight is 2000 g/mol. The van der Waals surface area contributed by atoms with Crippen molar-refractivity contribution in [3.63, 3.8) is 0 Å². The molecule has 12 atom stereocenters. The summed E-state index contributed by atoms with van der Waals surface area (Å²) < 4.78 is 150. The van der Waals surface area contributed by atoms with Crippen LogP contribution in [0.25, 0.3) is 16.7 Å². The molecular weight excluding hydrogens is 1870 g/mol. The number of ketones is 3. The highest BCUT2D eigenvalue weighted by Crippen LogP contribution is 2.71. The summed E-state index contributed by atoms with van der Waals surface area (Å²) in [5, 5.41) is 26.6. The molecule has 4 fully saturated rings. The lowest BCUT2D eigenvalue weighted by Crippen LogP contribution is -2.52. The molecule has 11 rings (SSSR count). The minimum atomic E-state index is -5.17. The molecule has 6 aliphatic rings. The topological polar surface area (TPSA) is 340 Å². The zero-order chi connectivity index (χ0) is 99.7. The van der Waals surface area contributed by atoms with Crippen LogP contribution in [-0.2, 0) is 120 Å². The van der Waals surface area contributed by atoms with Gasteiger partial charge in [-0.15, -0.1) is 14.0 Å². The number of amides is 6. The molecule has 5 aromatic carbocycles. The SMILES string of the molecule is CPOP(=O)(OO)C(F)(F)c1ccc(/C(C)=C/C(=O)C[C@H](C(=O)N2CCC[C@H]2C(=O)N2CCCCC2)C(C)(C)C)cc1.CPOP(=O)(OO)C(F)(F)c1ccc(/C(C)=C/C(=O)C[C@H](C(=O)N2CCC[C@H]2C(=O)N2CCCCc3ccccc32)C(C)(C)C)cc1.CPOP(=O)(OO)C(F)(F)c1ccc(/C(C)=C/C(=O)C[C@H](C(=O)N2CCC[C@H]2C(=O)N2CCc3ccccc3C2)C(C)(C)C)cc1. The second-order valence-corrected chi connectivity index (χ2v) is 46.6. The van der Waals surface area contributed by atoms with E-state index in [2.05, 4.69) is 33.0 Å². The molecule has 0 radical (unpaired) electrons. The molecule has 135 heavy (non-hydrogen) atoms. The van der Waals surface area contributed by atoms with Crippen molar-refractivity contribution in [2.24, 2.45) is 34.0 Å². The molecule has 6 aliphatic heterocycles. The molecule has 0 aliphatic carbocycles. The average Bonchev–Trinajstić information content (AvgIpc) is 1.66. The third-order valence-electron chi connectivity index (χ3n) is 25.6. The van der Waals surface area contributed by atoms with Crippen LogP contribution in [0.15, 0.2) is 140 Å². The van der Waals surface area contributed by atoms with Crippen LogP contribution in [0, 0.1) is 34.0 Å². The van der Waals surface area contributed by atoms with E-state index < -0.39 is 135 Å². The minimum absolute atomic E-state index is 0.00659. The number of carbonyl (C=O) groups excluding carboxylic acids is 9. The highest BCUT2D eigenvalue weighted by molar-refractivity contribution is 7.61. The number of para-hydroxylation sites is 1. The van der Waals surface area contributed by atoms with Gasteiger partial charge in [0.25, 0.3) is 0 Å². The van der Waals surface area contributed by atoms with Gasteiger partial charge in [-0.25, -0.2) is 15.8 Å². The number of anilines is 1. The first-order chi connectivity index (χ1) is 63.4. The third-order valence-corrected chi connectivity index (χ3v) is 34.2. The lowest BCUT2D eigenvalue weighted by atomic mass is 9.76. The summed E-state index contributed by atoms with van der Waals surface area (Å²) in [6.07, 6.45) is 14.3. The van der Waals surface area contributed by atoms with Gasteiger partial charge < -0.3 is 29.4 Å². The van der Waals surface area contributed by atoms with Crippen molar-refractivity contribution in [1.29, 1.82) is 0 Å². The molecule has 0 bridgehead atoms. The lowest BCUT2D eigenvalue weighted by molar-refractivity contribution is -0.159. The van der Waals surface area contributed by atoms with Crippen molar-refractivity contribution in [2.75, 3.05) is 70.7 Å². The molecule has 4 saturated heterocycles. The first kappa shape index (κ1) is 111. The second kappa shape index (κ2) is 47.5. The minimum Gasteiger partial charge on any atom is -0.341 e. The maximum absolute atomic E-state index is 14.9. The number of piperidine rings is 1. The number of hydrogen-bond acceptors (Lipinski definition) is 21. The number of rotatable bonds is 33. The molecule has 6 heterocycles. The molecule has 0 saturated carbocycles. The lowest BCUT2D eigenvalue weighted by Gasteiger charge is -2.37. The fourth-order valence-corrected chi connectivity index (χ4v) is 24.2. The number of allylic oxidation sites excluding steroid dienone is 6. The smallest absolute Gasteiger partial charge is 0.341 e. The van der Waals surface area contributed by atoms with Crippen LogP contribution >= 0.6 is 49.2 Å². The van der Waals surface area contributed by atoms with Gasteiger partial charge >= 0.3 is 39.8 Å². The van der Waals surface area contributed by atoms with Crippen molar-refractivity contribution >= 4 is 124 Å². The van der Waals surface area contributed by atoms with Gasteiger partial charge in [-0.2, -0.15) is 26.3 Å². The van der Waals surface area contributed by atoms with E-state index in [0.29, 0.717) is 118 Å². The number of hydrogen-bond donors (Lipinski definition) is 3. The summed E-state index contributed by atoms with van der Waals surface area (Å²) in [7, 11) is -17.3. The van der Waals surface area contributed by atoms with E-state index in [9.17, 15) is 83.2 Å². The number of benzene rings is 5. The summed E-state index contributed by atoms with van der Waals surface area (Å²) in [5.41, 5.74) is -8.88. The molecule has 6 amide bonds. The molecule has 3 N–H and O–H groups in total. The largest absolute Gasteiger partial charge is 0.433 e. The Bertz CT molecular complexity index is 5290. The maximum Gasteiger partial charge on any atom is 0.433 e. The third kappa shape index (κ3) is 26.7. The van der Waals surface area contributed by atoms with Crippen LogP contribution in [-0.4, -0.2) is 177 Å². The van der Waals surface area contributed by atoms with Gasteiger partial charge in [0.1, 0.15) is 18.1 Å². The van der Waals surface area contributed by atoms with Gasteiger partial charge in [0.05, 0.1) is 17.8 Å². The van der Waals surface area contributed by atoms with Crippen LogP contribution < -0.4 is 4.90 Å². The summed E-state index contributed by atoms with van der Waals surface area (Å²) in [6.45, 7) is 30.6. The van der Waals surface area contributed by atoms with E-state index in [1.54, 1.807) is 35.5 Å². The Kier molecular flexibility index (Phi) is 39.1. The fraction of sp³-hybridized carbons (Fsp3) is 0.531. The predicted octanol–water partition coefficient (Wildman–Crippen LogP) is 22.0. The highest BCUT2D eigenvalue weighted by Gasteiger charge is 2.59. The van der Waals surface area contributed by atoms with Crippen LogP contribution in [0.2, 0.25) is 0 Å². The predicted molar refractivity (Wildman–Crippen MR) is 512 cm³/mol. The Balaban J connectivity index is 0.000000228. The van der Waals surface area contributed by atoms with E-state index in [4.69, 9.17) is 15.8 Å². The van der Waals surface area contributed by atoms with Crippen LogP contribution in [0.5, 0.6) is 0 Å². The van der Waals surface area contributed by atoms with Crippen molar-refractivity contribution in [1.82, 2.24) is 24.5 Å². The maximum atomic E-state index is 14.9. The Labute approximate surface area is 792 Å². The second-order valence-electron chi connectivity index (χ2n) is 38.0. The summed E-state index contributed by atoms with van der Waals surface area (Å²) in [5.74, 6) is -3.78. The molecule has 0 spiro atoms. The molecule has 0 aromatic heterocycles. The van der Waals surface area contributed by atoms with Crippen molar-refractivity contribution < 1.29 is 126 Å². The Morgan fingerprint density at radius 1 is 0.385 bits per heavy atom. The molecule has 6 unspecified atom stereocenters. The van der Waals surface area contributed by atoms with Crippen LogP contribution in [0.1, 0.15) is 223 Å². The zero-order valence-corrected chi connectivity index (χ0v) is 84.9. The van der Waals surface area contributed by atoms with Gasteiger partial charge in [0.15, 0.2) is 17.3 Å². The van der Waals surface area contributed by atoms with Gasteiger partial charge in [-0.05, 0) is 215 Å². The fourth-order valence-electron chi connectivity index (χ4n) is 17.8. The highest BCUT2D eigenvalue weighted by atomic mass is 31.2. The van der Waals surface area contributed by atoms with Crippen LogP contribution in [0.4, 0.5) is 32.0 Å². The number of carbonyl (C=O) groups is 9. The molecule has 740 valence electrons. The molecule has 39 heteroatoms. The number of fused-ring (bicyclic) bond motifs is 2. The molecule has 5 aromatic rings. The summed E-state index contributed by atoms with van der Waals surface area (Å²) in [4.78, 5) is 133. The molecular formula is C96H128F6N6O21P6.